The van der Waals surface area contributed by atoms with Crippen molar-refractivity contribution in [2.75, 3.05) is 13.1 Å². The number of aromatic nitrogens is 2. The van der Waals surface area contributed by atoms with E-state index in [2.05, 4.69) is 10.4 Å². The van der Waals surface area contributed by atoms with Gasteiger partial charge < -0.3 is 15.0 Å². The van der Waals surface area contributed by atoms with Crippen LogP contribution in [0.3, 0.4) is 0 Å². The van der Waals surface area contributed by atoms with Crippen molar-refractivity contribution < 1.29 is 14.3 Å². The average Bonchev–Trinajstić information content (AvgIpc) is 2.73. The Morgan fingerprint density at radius 1 is 1.19 bits per heavy atom. The first kappa shape index (κ1) is 23.8. The lowest BCUT2D eigenvalue weighted by Gasteiger charge is -2.33. The normalized spacial score (nSPS) is 15.8. The Hall–Kier alpha value is -2.87. The van der Waals surface area contributed by atoms with E-state index in [9.17, 15) is 14.4 Å². The summed E-state index contributed by atoms with van der Waals surface area (Å²) in [5.41, 5.74) is 0.193. The monoisotopic (exact) mass is 460 g/mol. The number of nitrogens with one attached hydrogen (secondary N) is 1. The molecular formula is C23H29ClN4O4. The molecule has 0 aliphatic carbocycles. The lowest BCUT2D eigenvalue weighted by molar-refractivity contribution is 0.0183. The molecule has 1 saturated heterocycles. The van der Waals surface area contributed by atoms with E-state index < -0.39 is 5.60 Å². The molecule has 1 unspecified atom stereocenters. The summed E-state index contributed by atoms with van der Waals surface area (Å²) < 4.78 is 6.77. The summed E-state index contributed by atoms with van der Waals surface area (Å²) in [6.45, 7) is 8.23. The third-order valence-electron chi connectivity index (χ3n) is 5.22. The van der Waals surface area contributed by atoms with E-state index in [0.717, 1.165) is 5.56 Å². The number of rotatable bonds is 4. The molecule has 0 radical (unpaired) electrons. The summed E-state index contributed by atoms with van der Waals surface area (Å²) in [5.74, 6) is -0.377. The van der Waals surface area contributed by atoms with Crippen LogP contribution in [-0.2, 0) is 4.74 Å². The van der Waals surface area contributed by atoms with Gasteiger partial charge in [0, 0.05) is 24.2 Å². The van der Waals surface area contributed by atoms with Gasteiger partial charge in [-0.25, -0.2) is 9.48 Å². The summed E-state index contributed by atoms with van der Waals surface area (Å²) in [6.07, 6.45) is 0.742. The Morgan fingerprint density at radius 2 is 1.88 bits per heavy atom. The first-order chi connectivity index (χ1) is 15.0. The van der Waals surface area contributed by atoms with E-state index in [4.69, 9.17) is 16.3 Å². The number of carbonyl (C=O) groups excluding carboxylic acids is 2. The zero-order chi connectivity index (χ0) is 23.5. The van der Waals surface area contributed by atoms with Crippen molar-refractivity contribution in [2.24, 2.45) is 0 Å². The average molecular weight is 461 g/mol. The molecule has 32 heavy (non-hydrogen) atoms. The van der Waals surface area contributed by atoms with Gasteiger partial charge in [0.15, 0.2) is 0 Å². The molecule has 0 spiro atoms. The van der Waals surface area contributed by atoms with Crippen LogP contribution in [0.2, 0.25) is 5.02 Å². The summed E-state index contributed by atoms with van der Waals surface area (Å²) in [5, 5.41) is 7.80. The molecule has 2 heterocycles. The minimum atomic E-state index is -0.559. The van der Waals surface area contributed by atoms with Crippen LogP contribution in [0.1, 0.15) is 68.7 Å². The lowest BCUT2D eigenvalue weighted by atomic mass is 10.1. The van der Waals surface area contributed by atoms with Gasteiger partial charge in [0.2, 0.25) is 0 Å². The quantitative estimate of drug-likeness (QED) is 0.745. The molecule has 1 aromatic carbocycles. The van der Waals surface area contributed by atoms with Gasteiger partial charge in [0.1, 0.15) is 11.3 Å². The van der Waals surface area contributed by atoms with E-state index in [1.165, 1.54) is 16.8 Å². The highest BCUT2D eigenvalue weighted by atomic mass is 35.5. The molecule has 1 aromatic heterocycles. The Labute approximate surface area is 192 Å². The fraction of sp³-hybridized carbons (Fsp3) is 0.478. The van der Waals surface area contributed by atoms with Crippen molar-refractivity contribution in [1.82, 2.24) is 20.0 Å². The molecule has 1 N–H and O–H groups in total. The summed E-state index contributed by atoms with van der Waals surface area (Å²) in [7, 11) is 0. The van der Waals surface area contributed by atoms with Crippen LogP contribution < -0.4 is 10.9 Å². The van der Waals surface area contributed by atoms with Crippen LogP contribution in [0.5, 0.6) is 0 Å². The molecule has 172 valence electrons. The van der Waals surface area contributed by atoms with Gasteiger partial charge in [-0.05, 0) is 64.3 Å². The van der Waals surface area contributed by atoms with E-state index in [1.807, 2.05) is 39.8 Å². The largest absolute Gasteiger partial charge is 0.444 e. The molecule has 1 aliphatic rings. The molecule has 3 rings (SSSR count). The summed E-state index contributed by atoms with van der Waals surface area (Å²) in [4.78, 5) is 39.1. The molecule has 0 bridgehead atoms. The number of hydrogen-bond donors (Lipinski definition) is 1. The van der Waals surface area contributed by atoms with Crippen LogP contribution in [-0.4, -0.2) is 45.4 Å². The zero-order valence-corrected chi connectivity index (χ0v) is 19.6. The van der Waals surface area contributed by atoms with Gasteiger partial charge in [-0.1, -0.05) is 23.7 Å². The van der Waals surface area contributed by atoms with Crippen molar-refractivity contribution in [3.63, 3.8) is 0 Å². The van der Waals surface area contributed by atoms with Crippen molar-refractivity contribution in [3.8, 4) is 0 Å². The Bertz CT molecular complexity index is 1040. The number of hydrogen-bond acceptors (Lipinski definition) is 5. The van der Waals surface area contributed by atoms with Crippen molar-refractivity contribution in [1.29, 1.82) is 0 Å². The van der Waals surface area contributed by atoms with Crippen LogP contribution >= 0.6 is 11.6 Å². The third kappa shape index (κ3) is 6.09. The molecule has 2 aromatic rings. The topological polar surface area (TPSA) is 93.5 Å². The van der Waals surface area contributed by atoms with Gasteiger partial charge in [0.05, 0.1) is 12.1 Å². The fourth-order valence-corrected chi connectivity index (χ4v) is 3.76. The second-order valence-corrected chi connectivity index (χ2v) is 9.39. The molecule has 8 nitrogen and oxygen atoms in total. The predicted octanol–water partition coefficient (Wildman–Crippen LogP) is 3.96. The number of ether oxygens (including phenoxy) is 1. The number of halogens is 1. The maximum absolute atomic E-state index is 12.7. The highest BCUT2D eigenvalue weighted by molar-refractivity contribution is 6.30. The Morgan fingerprint density at radius 3 is 2.50 bits per heavy atom. The van der Waals surface area contributed by atoms with Gasteiger partial charge in [-0.2, -0.15) is 5.10 Å². The molecule has 1 atom stereocenters. The molecule has 0 saturated carbocycles. The van der Waals surface area contributed by atoms with Crippen molar-refractivity contribution >= 4 is 23.6 Å². The summed E-state index contributed by atoms with van der Waals surface area (Å²) >= 11 is 6.03. The maximum atomic E-state index is 12.7. The van der Waals surface area contributed by atoms with Gasteiger partial charge in [-0.15, -0.1) is 0 Å². The Kier molecular flexibility index (Phi) is 7.23. The number of piperidine rings is 1. The first-order valence-corrected chi connectivity index (χ1v) is 11.1. The maximum Gasteiger partial charge on any atom is 0.410 e. The smallest absolute Gasteiger partial charge is 0.410 e. The minimum Gasteiger partial charge on any atom is -0.444 e. The number of nitrogens with zero attached hydrogens (tertiary/aromatic N) is 3. The van der Waals surface area contributed by atoms with E-state index >= 15 is 0 Å². The fourth-order valence-electron chi connectivity index (χ4n) is 3.56. The van der Waals surface area contributed by atoms with Gasteiger partial charge in [-0.3, -0.25) is 9.59 Å². The third-order valence-corrected chi connectivity index (χ3v) is 5.45. The first-order valence-electron chi connectivity index (χ1n) is 10.7. The molecule has 9 heteroatoms. The standard InChI is InChI=1S/C23H29ClN4O4/c1-15(16-6-5-7-17(24)14-16)25-21(30)19-8-9-20(29)28(26-19)18-10-12-27(13-11-18)22(31)32-23(2,3)4/h5-9,14-15,18H,10-13H2,1-4H3,(H,25,30). The molecule has 1 fully saturated rings. The van der Waals surface area contributed by atoms with Crippen LogP contribution in [0, 0.1) is 0 Å². The second kappa shape index (κ2) is 9.73. The molecule has 1 aliphatic heterocycles. The van der Waals surface area contributed by atoms with Gasteiger partial charge >= 0.3 is 6.09 Å². The number of carbonyl (C=O) groups is 2. The van der Waals surface area contributed by atoms with Crippen LogP contribution in [0.4, 0.5) is 4.79 Å². The molecule has 2 amide bonds. The van der Waals surface area contributed by atoms with E-state index in [-0.39, 0.29) is 35.3 Å². The van der Waals surface area contributed by atoms with Crippen LogP contribution in [0.25, 0.3) is 0 Å². The summed E-state index contributed by atoms with van der Waals surface area (Å²) in [6, 6.07) is 9.57. The second-order valence-electron chi connectivity index (χ2n) is 8.95. The molecular weight excluding hydrogens is 432 g/mol. The lowest BCUT2D eigenvalue weighted by Crippen LogP contribution is -2.43. The number of benzene rings is 1. The van der Waals surface area contributed by atoms with Crippen molar-refractivity contribution in [3.05, 3.63) is 63.0 Å². The number of amides is 2. The SMILES string of the molecule is CC(NC(=O)c1ccc(=O)n(C2CCN(C(=O)OC(C)(C)C)CC2)n1)c1cccc(Cl)c1. The van der Waals surface area contributed by atoms with E-state index in [0.29, 0.717) is 31.0 Å². The predicted molar refractivity (Wildman–Crippen MR) is 122 cm³/mol. The zero-order valence-electron chi connectivity index (χ0n) is 18.8. The highest BCUT2D eigenvalue weighted by Gasteiger charge is 2.28. The highest BCUT2D eigenvalue weighted by Crippen LogP contribution is 2.22. The van der Waals surface area contributed by atoms with Crippen molar-refractivity contribution in [2.45, 2.75) is 58.2 Å². The number of likely N-dealkylation sites (tertiary alicyclic amines) is 1. The van der Waals surface area contributed by atoms with E-state index in [1.54, 1.807) is 17.0 Å². The van der Waals surface area contributed by atoms with Crippen LogP contribution in [0.15, 0.2) is 41.2 Å². The van der Waals surface area contributed by atoms with Gasteiger partial charge in [0.25, 0.3) is 11.5 Å². The minimum absolute atomic E-state index is 0.160. The Balaban J connectivity index is 1.66.